The molecule has 0 saturated heterocycles. The van der Waals surface area contributed by atoms with Crippen molar-refractivity contribution in [3.8, 4) is 0 Å². The van der Waals surface area contributed by atoms with Crippen molar-refractivity contribution >= 4 is 21.6 Å². The molecular formula is C15H14BrN. The average molecular weight is 288 g/mol. The monoisotopic (exact) mass is 287 g/mol. The maximum absolute atomic E-state index is 3.60. The second-order valence-corrected chi connectivity index (χ2v) is 5.53. The fourth-order valence-electron chi connectivity index (χ4n) is 2.39. The van der Waals surface area contributed by atoms with Crippen LogP contribution >= 0.6 is 15.9 Å². The lowest BCUT2D eigenvalue weighted by Gasteiger charge is -2.11. The number of aryl methyl sites for hydroxylation is 1. The van der Waals surface area contributed by atoms with Crippen molar-refractivity contribution in [2.45, 2.75) is 19.4 Å². The van der Waals surface area contributed by atoms with Gasteiger partial charge in [-0.1, -0.05) is 40.2 Å². The van der Waals surface area contributed by atoms with Gasteiger partial charge < -0.3 is 5.32 Å². The summed E-state index contributed by atoms with van der Waals surface area (Å²) in [6.45, 7) is 2.13. The first kappa shape index (κ1) is 10.8. The van der Waals surface area contributed by atoms with Crippen LogP contribution in [-0.2, 0) is 6.42 Å². The Hall–Kier alpha value is -1.28. The summed E-state index contributed by atoms with van der Waals surface area (Å²) in [6, 6.07) is 15.6. The molecule has 1 aliphatic rings. The first-order chi connectivity index (χ1) is 8.22. The van der Waals surface area contributed by atoms with Gasteiger partial charge in [0.05, 0.1) is 6.04 Å². The van der Waals surface area contributed by atoms with E-state index >= 15 is 0 Å². The van der Waals surface area contributed by atoms with Crippen molar-refractivity contribution in [1.82, 2.24) is 0 Å². The molecule has 1 N–H and O–H groups in total. The van der Waals surface area contributed by atoms with Gasteiger partial charge in [0.1, 0.15) is 0 Å². The number of benzene rings is 2. The minimum atomic E-state index is 0.407. The molecule has 0 amide bonds. The van der Waals surface area contributed by atoms with Crippen molar-refractivity contribution in [2.75, 3.05) is 5.32 Å². The van der Waals surface area contributed by atoms with Crippen molar-refractivity contribution in [1.29, 1.82) is 0 Å². The van der Waals surface area contributed by atoms with E-state index in [-0.39, 0.29) is 0 Å². The van der Waals surface area contributed by atoms with Crippen molar-refractivity contribution in [3.05, 3.63) is 63.6 Å². The van der Waals surface area contributed by atoms with Crippen molar-refractivity contribution in [3.63, 3.8) is 0 Å². The Kier molecular flexibility index (Phi) is 2.67. The molecule has 1 nitrogen and oxygen atoms in total. The molecule has 0 spiro atoms. The standard InChI is InChI=1S/C15H14BrN/c1-10-5-6-12-9-15(17-14(12)7-10)11-3-2-4-13(16)8-11/h2-8,15,17H,9H2,1H3. The van der Waals surface area contributed by atoms with Crippen LogP contribution in [0.4, 0.5) is 5.69 Å². The highest BCUT2D eigenvalue weighted by Gasteiger charge is 2.21. The molecule has 1 atom stereocenters. The fourth-order valence-corrected chi connectivity index (χ4v) is 2.80. The van der Waals surface area contributed by atoms with E-state index in [4.69, 9.17) is 0 Å². The summed E-state index contributed by atoms with van der Waals surface area (Å²) < 4.78 is 1.14. The zero-order valence-electron chi connectivity index (χ0n) is 9.70. The molecule has 2 aromatic carbocycles. The minimum Gasteiger partial charge on any atom is -0.378 e. The van der Waals surface area contributed by atoms with E-state index in [2.05, 4.69) is 70.6 Å². The summed E-state index contributed by atoms with van der Waals surface area (Å²) in [4.78, 5) is 0. The smallest absolute Gasteiger partial charge is 0.0555 e. The summed E-state index contributed by atoms with van der Waals surface area (Å²) >= 11 is 3.53. The van der Waals surface area contributed by atoms with Gasteiger partial charge in [0.25, 0.3) is 0 Å². The van der Waals surface area contributed by atoms with Crippen molar-refractivity contribution < 1.29 is 0 Å². The van der Waals surface area contributed by atoms with Gasteiger partial charge in [0.15, 0.2) is 0 Å². The molecule has 0 aromatic heterocycles. The van der Waals surface area contributed by atoms with Crippen LogP contribution in [0.2, 0.25) is 0 Å². The minimum absolute atomic E-state index is 0.407. The number of hydrogen-bond acceptors (Lipinski definition) is 1. The van der Waals surface area contributed by atoms with E-state index in [0.717, 1.165) is 10.9 Å². The molecular weight excluding hydrogens is 274 g/mol. The lowest BCUT2D eigenvalue weighted by Crippen LogP contribution is -2.05. The van der Waals surface area contributed by atoms with E-state index < -0.39 is 0 Å². The number of nitrogens with one attached hydrogen (secondary N) is 1. The van der Waals surface area contributed by atoms with Gasteiger partial charge in [0.2, 0.25) is 0 Å². The normalized spacial score (nSPS) is 17.6. The second-order valence-electron chi connectivity index (χ2n) is 4.62. The van der Waals surface area contributed by atoms with Gasteiger partial charge >= 0.3 is 0 Å². The third kappa shape index (κ3) is 2.09. The van der Waals surface area contributed by atoms with E-state index in [1.54, 1.807) is 0 Å². The van der Waals surface area contributed by atoms with E-state index in [1.807, 2.05) is 0 Å². The summed E-state index contributed by atoms with van der Waals surface area (Å²) in [7, 11) is 0. The SMILES string of the molecule is Cc1ccc2c(c1)NC(c1cccc(Br)c1)C2. The predicted molar refractivity (Wildman–Crippen MR) is 75.4 cm³/mol. The summed E-state index contributed by atoms with van der Waals surface area (Å²) in [5.41, 5.74) is 5.36. The van der Waals surface area contributed by atoms with Crippen LogP contribution in [0.5, 0.6) is 0 Å². The molecule has 2 heteroatoms. The number of anilines is 1. The molecule has 2 aromatic rings. The van der Waals surface area contributed by atoms with Crippen LogP contribution in [0.1, 0.15) is 22.7 Å². The van der Waals surface area contributed by atoms with Crippen LogP contribution < -0.4 is 5.32 Å². The number of hydrogen-bond donors (Lipinski definition) is 1. The van der Waals surface area contributed by atoms with Crippen LogP contribution in [0.15, 0.2) is 46.9 Å². The van der Waals surface area contributed by atoms with Crippen molar-refractivity contribution in [2.24, 2.45) is 0 Å². The van der Waals surface area contributed by atoms with E-state index in [9.17, 15) is 0 Å². The largest absolute Gasteiger partial charge is 0.378 e. The maximum Gasteiger partial charge on any atom is 0.0555 e. The van der Waals surface area contributed by atoms with Gasteiger partial charge in [-0.25, -0.2) is 0 Å². The Labute approximate surface area is 110 Å². The topological polar surface area (TPSA) is 12.0 Å². The Morgan fingerprint density at radius 1 is 1.18 bits per heavy atom. The number of halogens is 1. The predicted octanol–water partition coefficient (Wildman–Crippen LogP) is 4.47. The summed E-state index contributed by atoms with van der Waals surface area (Å²) in [5, 5.41) is 3.60. The van der Waals surface area contributed by atoms with Crippen LogP contribution in [0, 0.1) is 6.92 Å². The first-order valence-electron chi connectivity index (χ1n) is 5.84. The Morgan fingerprint density at radius 2 is 2.06 bits per heavy atom. The molecule has 3 rings (SSSR count). The molecule has 0 saturated carbocycles. The molecule has 0 fully saturated rings. The Morgan fingerprint density at radius 3 is 2.88 bits per heavy atom. The zero-order chi connectivity index (χ0) is 11.8. The molecule has 1 heterocycles. The second kappa shape index (κ2) is 4.19. The molecule has 86 valence electrons. The fraction of sp³-hybridized carbons (Fsp3) is 0.200. The van der Waals surface area contributed by atoms with Crippen LogP contribution in [0.25, 0.3) is 0 Å². The summed E-state index contributed by atoms with van der Waals surface area (Å²) in [6.07, 6.45) is 1.08. The molecule has 0 radical (unpaired) electrons. The maximum atomic E-state index is 3.60. The highest BCUT2D eigenvalue weighted by molar-refractivity contribution is 9.10. The Balaban J connectivity index is 1.91. The third-order valence-electron chi connectivity index (χ3n) is 3.27. The van der Waals surface area contributed by atoms with E-state index in [0.29, 0.717) is 6.04 Å². The third-order valence-corrected chi connectivity index (χ3v) is 3.76. The number of rotatable bonds is 1. The first-order valence-corrected chi connectivity index (χ1v) is 6.63. The van der Waals surface area contributed by atoms with Gasteiger partial charge in [-0.05, 0) is 48.2 Å². The number of fused-ring (bicyclic) bond motifs is 1. The lowest BCUT2D eigenvalue weighted by atomic mass is 10.0. The zero-order valence-corrected chi connectivity index (χ0v) is 11.3. The lowest BCUT2D eigenvalue weighted by molar-refractivity contribution is 0.823. The molecule has 0 aliphatic carbocycles. The quantitative estimate of drug-likeness (QED) is 0.816. The molecule has 17 heavy (non-hydrogen) atoms. The Bertz CT molecular complexity index is 563. The van der Waals surface area contributed by atoms with Gasteiger partial charge in [-0.15, -0.1) is 0 Å². The van der Waals surface area contributed by atoms with Crippen LogP contribution in [0.3, 0.4) is 0 Å². The van der Waals surface area contributed by atoms with Gasteiger partial charge in [-0.3, -0.25) is 0 Å². The average Bonchev–Trinajstić information content (AvgIpc) is 2.72. The summed E-state index contributed by atoms with van der Waals surface area (Å²) in [5.74, 6) is 0. The highest BCUT2D eigenvalue weighted by atomic mass is 79.9. The van der Waals surface area contributed by atoms with E-state index in [1.165, 1.54) is 22.4 Å². The molecule has 1 unspecified atom stereocenters. The van der Waals surface area contributed by atoms with Gasteiger partial charge in [0, 0.05) is 10.2 Å². The highest BCUT2D eigenvalue weighted by Crippen LogP contribution is 2.35. The molecule has 0 bridgehead atoms. The van der Waals surface area contributed by atoms with Gasteiger partial charge in [-0.2, -0.15) is 0 Å². The molecule has 1 aliphatic heterocycles. The van der Waals surface area contributed by atoms with Crippen LogP contribution in [-0.4, -0.2) is 0 Å².